The molecule has 0 saturated carbocycles. The molecule has 0 unspecified atom stereocenters. The van der Waals surface area contributed by atoms with Gasteiger partial charge in [0.15, 0.2) is 0 Å². The van der Waals surface area contributed by atoms with E-state index >= 15 is 0 Å². The smallest absolute Gasteiger partial charge is 0.336 e. The summed E-state index contributed by atoms with van der Waals surface area (Å²) in [5.74, 6) is 0.420. The van der Waals surface area contributed by atoms with Gasteiger partial charge in [-0.2, -0.15) is 0 Å². The van der Waals surface area contributed by atoms with Crippen LogP contribution in [-0.2, 0) is 21.0 Å². The van der Waals surface area contributed by atoms with E-state index in [1.54, 1.807) is 6.08 Å². The Morgan fingerprint density at radius 1 is 0.800 bits per heavy atom. The van der Waals surface area contributed by atoms with E-state index in [1.165, 1.54) is 11.6 Å². The van der Waals surface area contributed by atoms with E-state index in [0.717, 1.165) is 16.7 Å². The first-order valence-corrected chi connectivity index (χ1v) is 10.5. The van der Waals surface area contributed by atoms with Crippen LogP contribution in [0.3, 0.4) is 0 Å². The Labute approximate surface area is 181 Å². The van der Waals surface area contributed by atoms with Crippen LogP contribution in [0.5, 0.6) is 11.5 Å². The third-order valence-electron chi connectivity index (χ3n) is 5.10. The predicted molar refractivity (Wildman–Crippen MR) is 125 cm³/mol. The van der Waals surface area contributed by atoms with Crippen molar-refractivity contribution in [3.8, 4) is 11.5 Å². The van der Waals surface area contributed by atoms with Gasteiger partial charge in [-0.05, 0) is 57.7 Å². The van der Waals surface area contributed by atoms with Crippen molar-refractivity contribution < 1.29 is 14.6 Å². The molecule has 1 N–H and O–H groups in total. The Bertz CT molecular complexity index is 893. The van der Waals surface area contributed by atoms with Crippen LogP contribution in [0.2, 0.25) is 0 Å². The molecule has 3 heteroatoms. The van der Waals surface area contributed by atoms with Gasteiger partial charge in [0.1, 0.15) is 11.5 Å². The second kappa shape index (κ2) is 8.29. The van der Waals surface area contributed by atoms with Crippen LogP contribution in [0.15, 0.2) is 42.5 Å². The van der Waals surface area contributed by atoms with Crippen molar-refractivity contribution in [2.45, 2.75) is 78.6 Å². The minimum Gasteiger partial charge on any atom is -0.507 e. The van der Waals surface area contributed by atoms with Crippen molar-refractivity contribution in [1.82, 2.24) is 0 Å². The molecule has 30 heavy (non-hydrogen) atoms. The van der Waals surface area contributed by atoms with Gasteiger partial charge in [-0.15, -0.1) is 0 Å². The first kappa shape index (κ1) is 23.7. The van der Waals surface area contributed by atoms with E-state index in [0.29, 0.717) is 11.5 Å². The van der Waals surface area contributed by atoms with Gasteiger partial charge in [0.2, 0.25) is 0 Å². The Morgan fingerprint density at radius 2 is 1.27 bits per heavy atom. The van der Waals surface area contributed by atoms with Crippen molar-refractivity contribution in [3.05, 3.63) is 64.7 Å². The number of ether oxygens (including phenoxy) is 1. The molecule has 3 nitrogen and oxygen atoms in total. The fourth-order valence-electron chi connectivity index (χ4n) is 3.23. The summed E-state index contributed by atoms with van der Waals surface area (Å²) in [6.07, 6.45) is 3.18. The molecule has 0 atom stereocenters. The highest BCUT2D eigenvalue weighted by Gasteiger charge is 2.26. The van der Waals surface area contributed by atoms with E-state index in [1.807, 2.05) is 36.4 Å². The zero-order valence-electron chi connectivity index (χ0n) is 19.9. The number of phenols is 1. The van der Waals surface area contributed by atoms with Gasteiger partial charge < -0.3 is 9.84 Å². The topological polar surface area (TPSA) is 46.5 Å². The van der Waals surface area contributed by atoms with Crippen LogP contribution in [0.1, 0.15) is 84.6 Å². The van der Waals surface area contributed by atoms with Crippen molar-refractivity contribution in [3.63, 3.8) is 0 Å². The van der Waals surface area contributed by atoms with E-state index in [9.17, 15) is 9.90 Å². The summed E-state index contributed by atoms with van der Waals surface area (Å²) in [7, 11) is 0. The average molecular weight is 409 g/mol. The Morgan fingerprint density at radius 3 is 1.67 bits per heavy atom. The summed E-state index contributed by atoms with van der Waals surface area (Å²) in [5, 5.41) is 10.8. The first-order chi connectivity index (χ1) is 13.6. The number of phenolic OH excluding ortho intramolecular Hbond substituents is 1. The summed E-state index contributed by atoms with van der Waals surface area (Å²) in [6.45, 7) is 18.8. The van der Waals surface area contributed by atoms with E-state index in [4.69, 9.17) is 4.74 Å². The Kier molecular flexibility index (Phi) is 6.56. The van der Waals surface area contributed by atoms with Crippen molar-refractivity contribution in [2.75, 3.05) is 0 Å². The summed E-state index contributed by atoms with van der Waals surface area (Å²) in [6, 6.07) is 11.5. The molecule has 2 rings (SSSR count). The summed E-state index contributed by atoms with van der Waals surface area (Å²) < 4.78 is 5.45. The fraction of sp³-hybridized carbons (Fsp3) is 0.444. The molecule has 0 saturated heterocycles. The maximum atomic E-state index is 12.3. The average Bonchev–Trinajstić information content (AvgIpc) is 2.58. The van der Waals surface area contributed by atoms with Gasteiger partial charge in [-0.1, -0.05) is 74.4 Å². The van der Waals surface area contributed by atoms with Gasteiger partial charge in [-0.25, -0.2) is 4.79 Å². The quantitative estimate of drug-likeness (QED) is 0.341. The molecule has 0 heterocycles. The molecule has 2 aromatic rings. The first-order valence-electron chi connectivity index (χ1n) is 10.5. The largest absolute Gasteiger partial charge is 0.507 e. The molecule has 0 amide bonds. The molecule has 0 aliphatic carbocycles. The normalized spacial score (nSPS) is 13.0. The molecule has 0 radical (unpaired) electrons. The monoisotopic (exact) mass is 408 g/mol. The van der Waals surface area contributed by atoms with Gasteiger partial charge in [-0.3, -0.25) is 0 Å². The molecule has 162 valence electrons. The van der Waals surface area contributed by atoms with Crippen LogP contribution in [0.25, 0.3) is 6.08 Å². The zero-order valence-corrected chi connectivity index (χ0v) is 19.9. The molecule has 2 aromatic carbocycles. The highest BCUT2D eigenvalue weighted by Crippen LogP contribution is 2.40. The molecule has 0 aromatic heterocycles. The fourth-order valence-corrected chi connectivity index (χ4v) is 3.23. The van der Waals surface area contributed by atoms with Gasteiger partial charge in [0, 0.05) is 17.2 Å². The molecular weight excluding hydrogens is 372 g/mol. The number of benzene rings is 2. The minimum atomic E-state index is -0.429. The Balaban J connectivity index is 2.27. The van der Waals surface area contributed by atoms with E-state index < -0.39 is 5.97 Å². The number of carbonyl (C=O) groups excluding carboxylic acids is 1. The van der Waals surface area contributed by atoms with Crippen LogP contribution in [-0.4, -0.2) is 11.1 Å². The third-order valence-corrected chi connectivity index (χ3v) is 5.10. The molecule has 0 aliphatic rings. The van der Waals surface area contributed by atoms with Crippen LogP contribution < -0.4 is 4.74 Å². The standard InChI is InChI=1S/C27H36O3/c1-25(2,3)19-11-13-20(14-12-19)30-23(28)15-10-18-16-21(26(4,5)6)24(29)22(17-18)27(7,8)9/h10-17,29H,1-9H3/b15-10+. The van der Waals surface area contributed by atoms with Crippen molar-refractivity contribution in [2.24, 2.45) is 0 Å². The lowest BCUT2D eigenvalue weighted by Crippen LogP contribution is -2.17. The minimum absolute atomic E-state index is 0.0524. The molecular formula is C27H36O3. The highest BCUT2D eigenvalue weighted by molar-refractivity contribution is 5.88. The zero-order chi connectivity index (χ0) is 22.9. The maximum absolute atomic E-state index is 12.3. The van der Waals surface area contributed by atoms with Crippen LogP contribution >= 0.6 is 0 Å². The maximum Gasteiger partial charge on any atom is 0.336 e. The van der Waals surface area contributed by atoms with Gasteiger partial charge in [0.05, 0.1) is 0 Å². The lowest BCUT2D eigenvalue weighted by Gasteiger charge is -2.27. The van der Waals surface area contributed by atoms with E-state index in [-0.39, 0.29) is 16.2 Å². The number of esters is 1. The van der Waals surface area contributed by atoms with E-state index in [2.05, 4.69) is 62.3 Å². The lowest BCUT2D eigenvalue weighted by molar-refractivity contribution is -0.128. The molecule has 0 bridgehead atoms. The predicted octanol–water partition coefficient (Wildman–Crippen LogP) is 6.90. The number of rotatable bonds is 3. The third kappa shape index (κ3) is 5.98. The Hall–Kier alpha value is -2.55. The highest BCUT2D eigenvalue weighted by atomic mass is 16.5. The summed E-state index contributed by atoms with van der Waals surface area (Å²) in [4.78, 5) is 12.3. The second-order valence-corrected chi connectivity index (χ2v) is 11.0. The van der Waals surface area contributed by atoms with Crippen molar-refractivity contribution >= 4 is 12.0 Å². The van der Waals surface area contributed by atoms with Crippen LogP contribution in [0.4, 0.5) is 0 Å². The number of aromatic hydroxyl groups is 1. The van der Waals surface area contributed by atoms with Gasteiger partial charge in [0.25, 0.3) is 0 Å². The second-order valence-electron chi connectivity index (χ2n) is 11.0. The molecule has 0 spiro atoms. The van der Waals surface area contributed by atoms with Crippen molar-refractivity contribution in [1.29, 1.82) is 0 Å². The summed E-state index contributed by atoms with van der Waals surface area (Å²) >= 11 is 0. The molecule has 0 fully saturated rings. The number of carbonyl (C=O) groups is 1. The van der Waals surface area contributed by atoms with Gasteiger partial charge >= 0.3 is 5.97 Å². The summed E-state index contributed by atoms with van der Waals surface area (Å²) in [5.41, 5.74) is 3.39. The number of hydrogen-bond acceptors (Lipinski definition) is 3. The SMILES string of the molecule is CC(C)(C)c1ccc(OC(=O)/C=C/c2cc(C(C)(C)C)c(O)c(C(C)(C)C)c2)cc1. The molecule has 0 aliphatic heterocycles. The van der Waals surface area contributed by atoms with Crippen LogP contribution in [0, 0.1) is 0 Å². The lowest BCUT2D eigenvalue weighted by atomic mass is 9.78. The number of hydrogen-bond donors (Lipinski definition) is 1.